The third kappa shape index (κ3) is 10.2. The number of amides is 5. The van der Waals surface area contributed by atoms with Gasteiger partial charge < -0.3 is 45.7 Å². The number of nitrogens with one attached hydrogen (secondary N) is 1. The lowest BCUT2D eigenvalue weighted by atomic mass is 9.87. The molecule has 5 amide bonds. The highest BCUT2D eigenvalue weighted by atomic mass is 16.5. The van der Waals surface area contributed by atoms with Crippen LogP contribution in [0.3, 0.4) is 0 Å². The third-order valence-corrected chi connectivity index (χ3v) is 12.7. The number of nitrogen functional groups attached to an aromatic ring is 1. The molecule has 3 aromatic carbocycles. The average Bonchev–Trinajstić information content (AvgIpc) is 3.88. The molecule has 342 valence electrons. The maximum atomic E-state index is 13.3. The molecule has 17 heteroatoms. The number of nitrogens with two attached hydrogens (primary N) is 2. The van der Waals surface area contributed by atoms with Crippen molar-refractivity contribution < 1.29 is 38.2 Å². The minimum absolute atomic E-state index is 0.0166. The molecular weight excluding hydrogens is 831 g/mol. The van der Waals surface area contributed by atoms with Crippen molar-refractivity contribution in [2.75, 3.05) is 83.8 Å². The summed E-state index contributed by atoms with van der Waals surface area (Å²) in [7, 11) is 1.95. The largest absolute Gasteiger partial charge is 0.457 e. The highest BCUT2D eigenvalue weighted by Gasteiger charge is 2.43. The number of primary amides is 1. The molecule has 5 N–H and O–H groups in total. The van der Waals surface area contributed by atoms with Gasteiger partial charge >= 0.3 is 0 Å². The molecule has 8 rings (SSSR count). The first-order chi connectivity index (χ1) is 31.6. The standard InChI is InChI=1S/C48H57N9O8/c1-53(25-27-63-29-30-64-28-26-55-42(59)17-16-40(48(55)62)56-31-37-36(47(56)61)9-5-10-38(37)49)22-6-11-41(58)54-23-19-32(20-24-54)39-18-21-51-46-43(45(50)60)44(52-57(39)46)33-12-14-35(15-13-33)65-34-7-3-2-4-8-34/h2-15,32,39-40,51H,16-31,49H2,1H3,(H2,50,60)/b11-6+/t39-,40?/m0/s1. The third-order valence-electron chi connectivity index (χ3n) is 12.7. The summed E-state index contributed by atoms with van der Waals surface area (Å²) in [5, 5.41) is 8.35. The molecule has 0 spiro atoms. The second kappa shape index (κ2) is 20.5. The number of hydrogen-bond donors (Lipinski definition) is 3. The van der Waals surface area contributed by atoms with Crippen LogP contribution in [0.25, 0.3) is 11.3 Å². The number of anilines is 2. The molecule has 4 aromatic rings. The van der Waals surface area contributed by atoms with E-state index in [0.29, 0.717) is 86.6 Å². The fourth-order valence-corrected chi connectivity index (χ4v) is 9.19. The zero-order valence-electron chi connectivity index (χ0n) is 36.7. The van der Waals surface area contributed by atoms with Crippen molar-refractivity contribution in [1.29, 1.82) is 0 Å². The number of carbonyl (C=O) groups excluding carboxylic acids is 5. The van der Waals surface area contributed by atoms with Gasteiger partial charge in [-0.05, 0) is 87.2 Å². The van der Waals surface area contributed by atoms with Gasteiger partial charge in [-0.2, -0.15) is 5.10 Å². The predicted molar refractivity (Wildman–Crippen MR) is 243 cm³/mol. The summed E-state index contributed by atoms with van der Waals surface area (Å²) in [6.45, 7) is 4.80. The van der Waals surface area contributed by atoms with Crippen molar-refractivity contribution in [3.63, 3.8) is 0 Å². The van der Waals surface area contributed by atoms with Gasteiger partial charge in [-0.1, -0.05) is 30.3 Å². The molecule has 1 unspecified atom stereocenters. The summed E-state index contributed by atoms with van der Waals surface area (Å²) in [6.07, 6.45) is 6.45. The van der Waals surface area contributed by atoms with Crippen molar-refractivity contribution in [2.24, 2.45) is 11.7 Å². The number of likely N-dealkylation sites (N-methyl/N-ethyl adjacent to an activating group) is 1. The number of ether oxygens (including phenoxy) is 3. The van der Waals surface area contributed by atoms with E-state index in [1.165, 1.54) is 9.80 Å². The molecule has 0 aliphatic carbocycles. The molecule has 0 bridgehead atoms. The second-order valence-corrected chi connectivity index (χ2v) is 16.9. The van der Waals surface area contributed by atoms with E-state index >= 15 is 0 Å². The monoisotopic (exact) mass is 887 g/mol. The van der Waals surface area contributed by atoms with Crippen LogP contribution >= 0.6 is 0 Å². The Balaban J connectivity index is 0.721. The van der Waals surface area contributed by atoms with E-state index in [4.69, 9.17) is 30.8 Å². The number of hydrogen-bond acceptors (Lipinski definition) is 12. The summed E-state index contributed by atoms with van der Waals surface area (Å²) in [6, 6.07) is 21.5. The number of rotatable bonds is 18. The second-order valence-electron chi connectivity index (χ2n) is 16.9. The van der Waals surface area contributed by atoms with Crippen molar-refractivity contribution in [1.82, 2.24) is 29.4 Å². The van der Waals surface area contributed by atoms with Crippen LogP contribution in [0.4, 0.5) is 11.5 Å². The number of carbonyl (C=O) groups is 5. The smallest absolute Gasteiger partial charge is 0.255 e. The highest BCUT2D eigenvalue weighted by molar-refractivity contribution is 6.06. The lowest BCUT2D eigenvalue weighted by Gasteiger charge is -2.38. The van der Waals surface area contributed by atoms with Gasteiger partial charge in [-0.25, -0.2) is 4.68 Å². The highest BCUT2D eigenvalue weighted by Crippen LogP contribution is 2.40. The number of aromatic nitrogens is 2. The fourth-order valence-electron chi connectivity index (χ4n) is 9.19. The first kappa shape index (κ1) is 45.0. The van der Waals surface area contributed by atoms with E-state index in [2.05, 4.69) is 10.2 Å². The van der Waals surface area contributed by atoms with E-state index in [1.807, 2.05) is 77.3 Å². The Kier molecular flexibility index (Phi) is 14.2. The normalized spacial score (nSPS) is 18.9. The van der Waals surface area contributed by atoms with Crippen LogP contribution in [0.15, 0.2) is 84.9 Å². The van der Waals surface area contributed by atoms with Crippen molar-refractivity contribution in [3.05, 3.63) is 102 Å². The molecule has 4 aliphatic rings. The van der Waals surface area contributed by atoms with Crippen molar-refractivity contribution in [3.8, 4) is 22.8 Å². The number of piperidine rings is 2. The van der Waals surface area contributed by atoms with E-state index in [9.17, 15) is 24.0 Å². The van der Waals surface area contributed by atoms with Crippen LogP contribution in [0.5, 0.6) is 11.5 Å². The maximum absolute atomic E-state index is 13.3. The molecular formula is C48H57N9O8. The molecule has 17 nitrogen and oxygen atoms in total. The first-order valence-corrected chi connectivity index (χ1v) is 22.4. The molecule has 2 fully saturated rings. The number of fused-ring (bicyclic) bond motifs is 2. The molecule has 5 heterocycles. The number of para-hydroxylation sites is 1. The lowest BCUT2D eigenvalue weighted by Crippen LogP contribution is -2.55. The molecule has 2 saturated heterocycles. The molecule has 2 atom stereocenters. The minimum Gasteiger partial charge on any atom is -0.457 e. The summed E-state index contributed by atoms with van der Waals surface area (Å²) in [5.74, 6) is 0.861. The summed E-state index contributed by atoms with van der Waals surface area (Å²) >= 11 is 0. The molecule has 65 heavy (non-hydrogen) atoms. The van der Waals surface area contributed by atoms with Crippen molar-refractivity contribution >= 4 is 41.0 Å². The molecule has 0 radical (unpaired) electrons. The number of benzene rings is 3. The van der Waals surface area contributed by atoms with Crippen molar-refractivity contribution in [2.45, 2.75) is 50.7 Å². The predicted octanol–water partition coefficient (Wildman–Crippen LogP) is 4.31. The number of imide groups is 1. The van der Waals surface area contributed by atoms with E-state index < -0.39 is 17.9 Å². The lowest BCUT2D eigenvalue weighted by molar-refractivity contribution is -0.153. The average molecular weight is 888 g/mol. The Labute approximate surface area is 378 Å². The minimum atomic E-state index is -0.718. The Bertz CT molecular complexity index is 2400. The SMILES string of the molecule is CN(C/C=C/C(=O)N1CCC([C@@H]2CCNc3c(C(N)=O)c(-c4ccc(Oc5ccccc5)cc4)nn32)CC1)CCOCCOCCN1C(=O)CCC(N2Cc3c(N)cccc3C2=O)C1=O. The van der Waals surface area contributed by atoms with Gasteiger partial charge in [0.15, 0.2) is 0 Å². The van der Waals surface area contributed by atoms with Gasteiger partial charge in [-0.15, -0.1) is 0 Å². The molecule has 0 saturated carbocycles. The van der Waals surface area contributed by atoms with E-state index in [0.717, 1.165) is 36.1 Å². The fraction of sp³-hybridized carbons (Fsp3) is 0.417. The quantitative estimate of drug-likeness (QED) is 0.0553. The Morgan fingerprint density at radius 3 is 2.37 bits per heavy atom. The Hall–Kier alpha value is -6.56. The maximum Gasteiger partial charge on any atom is 0.255 e. The van der Waals surface area contributed by atoms with Gasteiger partial charge in [0.05, 0.1) is 39.0 Å². The van der Waals surface area contributed by atoms with E-state index in [-0.39, 0.29) is 62.2 Å². The molecule has 4 aliphatic heterocycles. The zero-order valence-corrected chi connectivity index (χ0v) is 36.7. The van der Waals surface area contributed by atoms with Crippen LogP contribution in [-0.2, 0) is 30.4 Å². The Morgan fingerprint density at radius 1 is 0.892 bits per heavy atom. The van der Waals surface area contributed by atoms with Crippen LogP contribution in [0.1, 0.15) is 64.4 Å². The van der Waals surface area contributed by atoms with Gasteiger partial charge in [-0.3, -0.25) is 28.9 Å². The van der Waals surface area contributed by atoms with Crippen LogP contribution in [0, 0.1) is 5.92 Å². The van der Waals surface area contributed by atoms with Crippen LogP contribution in [0.2, 0.25) is 0 Å². The zero-order chi connectivity index (χ0) is 45.5. The number of nitrogens with zero attached hydrogens (tertiary/aromatic N) is 6. The topological polar surface area (TPSA) is 208 Å². The van der Waals surface area contributed by atoms with Crippen LogP contribution < -0.4 is 21.5 Å². The van der Waals surface area contributed by atoms with Gasteiger partial charge in [0.1, 0.15) is 34.6 Å². The van der Waals surface area contributed by atoms with Gasteiger partial charge in [0.25, 0.3) is 17.7 Å². The summed E-state index contributed by atoms with van der Waals surface area (Å²) in [5.41, 5.74) is 15.4. The summed E-state index contributed by atoms with van der Waals surface area (Å²) < 4.78 is 19.3. The number of likely N-dealkylation sites (tertiary alicyclic amines) is 2. The summed E-state index contributed by atoms with van der Waals surface area (Å²) in [4.78, 5) is 71.6. The van der Waals surface area contributed by atoms with Gasteiger partial charge in [0.2, 0.25) is 11.8 Å². The van der Waals surface area contributed by atoms with Crippen LogP contribution in [-0.4, -0.2) is 138 Å². The first-order valence-electron chi connectivity index (χ1n) is 22.4. The Morgan fingerprint density at radius 2 is 1.63 bits per heavy atom. The van der Waals surface area contributed by atoms with E-state index in [1.54, 1.807) is 24.3 Å². The molecule has 1 aromatic heterocycles. The van der Waals surface area contributed by atoms with Gasteiger partial charge in [0, 0.05) is 74.1 Å².